The number of carbonyl (C=O) groups is 3. The highest BCUT2D eigenvalue weighted by Crippen LogP contribution is 2.13. The summed E-state index contributed by atoms with van der Waals surface area (Å²) in [6.45, 7) is 6.42. The second-order valence-electron chi connectivity index (χ2n) is 17.7. The van der Waals surface area contributed by atoms with Crippen LogP contribution in [0, 0.1) is 0 Å². The average molecular weight is 929 g/mol. The lowest BCUT2D eigenvalue weighted by molar-refractivity contribution is -0.167. The number of ether oxygens (including phenoxy) is 3. The monoisotopic (exact) mass is 929 g/mol. The molecule has 0 aromatic heterocycles. The van der Waals surface area contributed by atoms with E-state index in [1.807, 2.05) is 0 Å². The molecule has 0 aliphatic heterocycles. The Morgan fingerprint density at radius 3 is 0.985 bits per heavy atom. The largest absolute Gasteiger partial charge is 0.462 e. The minimum absolute atomic E-state index is 0.104. The molecule has 0 saturated carbocycles. The summed E-state index contributed by atoms with van der Waals surface area (Å²) in [5, 5.41) is 0. The van der Waals surface area contributed by atoms with E-state index >= 15 is 0 Å². The lowest BCUT2D eigenvalue weighted by Gasteiger charge is -2.18. The molecule has 0 heterocycles. The zero-order chi connectivity index (χ0) is 48.6. The van der Waals surface area contributed by atoms with Crippen LogP contribution in [0.15, 0.2) is 109 Å². The van der Waals surface area contributed by atoms with Gasteiger partial charge < -0.3 is 14.2 Å². The number of carbonyl (C=O) groups excluding carboxylic acids is 3. The third kappa shape index (κ3) is 52.9. The van der Waals surface area contributed by atoms with Crippen LogP contribution in [0.3, 0.4) is 0 Å². The minimum Gasteiger partial charge on any atom is -0.462 e. The third-order valence-corrected chi connectivity index (χ3v) is 11.2. The smallest absolute Gasteiger partial charge is 0.306 e. The van der Waals surface area contributed by atoms with E-state index in [0.29, 0.717) is 25.7 Å². The molecule has 0 aromatic carbocycles. The molecule has 0 aliphatic carbocycles. The molecule has 0 rings (SSSR count). The normalized spacial score (nSPS) is 12.9. The first kappa shape index (κ1) is 63.1. The van der Waals surface area contributed by atoms with Crippen LogP contribution >= 0.6 is 0 Å². The van der Waals surface area contributed by atoms with Gasteiger partial charge in [-0.05, 0) is 128 Å². The number of unbranched alkanes of at least 4 members (excludes halogenated alkanes) is 19. The van der Waals surface area contributed by atoms with Gasteiger partial charge in [0.15, 0.2) is 6.10 Å². The van der Waals surface area contributed by atoms with Crippen molar-refractivity contribution < 1.29 is 28.6 Å². The van der Waals surface area contributed by atoms with Crippen molar-refractivity contribution in [2.24, 2.45) is 0 Å². The van der Waals surface area contributed by atoms with E-state index in [2.05, 4.69) is 130 Å². The van der Waals surface area contributed by atoms with Gasteiger partial charge in [-0.25, -0.2) is 0 Å². The maximum atomic E-state index is 12.8. The van der Waals surface area contributed by atoms with Gasteiger partial charge in [0.05, 0.1) is 0 Å². The SMILES string of the molecule is CC/C=C\C/C=C\C/C=C\C/C=C\C/C=C\C/C=C\CCCCC(=O)OCC(COC(=O)CCCCCCC/C=C\CCCCCC)OC(=O)CCCCCCC/C=C\C/C=C\CCCCC. The van der Waals surface area contributed by atoms with Crippen LogP contribution in [0.25, 0.3) is 0 Å². The summed E-state index contributed by atoms with van der Waals surface area (Å²) in [6, 6.07) is 0. The van der Waals surface area contributed by atoms with E-state index in [9.17, 15) is 14.4 Å². The molecule has 0 bridgehead atoms. The van der Waals surface area contributed by atoms with E-state index in [-0.39, 0.29) is 31.1 Å². The van der Waals surface area contributed by atoms with Crippen LogP contribution in [0.1, 0.15) is 239 Å². The highest BCUT2D eigenvalue weighted by atomic mass is 16.6. The summed E-state index contributed by atoms with van der Waals surface area (Å²) in [6.07, 6.45) is 73.6. The molecule has 380 valence electrons. The summed E-state index contributed by atoms with van der Waals surface area (Å²) in [5.74, 6) is -0.974. The second kappa shape index (κ2) is 54.7. The lowest BCUT2D eigenvalue weighted by Crippen LogP contribution is -2.30. The summed E-state index contributed by atoms with van der Waals surface area (Å²) in [4.78, 5) is 38.1. The molecule has 0 aromatic rings. The van der Waals surface area contributed by atoms with E-state index in [1.165, 1.54) is 64.2 Å². The molecule has 0 N–H and O–H groups in total. The number of esters is 3. The van der Waals surface area contributed by atoms with E-state index in [0.717, 1.165) is 128 Å². The zero-order valence-corrected chi connectivity index (χ0v) is 43.4. The van der Waals surface area contributed by atoms with Crippen LogP contribution in [0.5, 0.6) is 0 Å². The van der Waals surface area contributed by atoms with Crippen molar-refractivity contribution in [3.63, 3.8) is 0 Å². The zero-order valence-electron chi connectivity index (χ0n) is 43.4. The molecule has 67 heavy (non-hydrogen) atoms. The molecule has 0 fully saturated rings. The maximum absolute atomic E-state index is 12.8. The van der Waals surface area contributed by atoms with Gasteiger partial charge in [-0.15, -0.1) is 0 Å². The van der Waals surface area contributed by atoms with Crippen molar-refractivity contribution in [1.29, 1.82) is 0 Å². The molecular formula is C61H100O6. The Bertz CT molecular complexity index is 1390. The van der Waals surface area contributed by atoms with Gasteiger partial charge in [-0.2, -0.15) is 0 Å². The van der Waals surface area contributed by atoms with Gasteiger partial charge in [0.2, 0.25) is 0 Å². The van der Waals surface area contributed by atoms with Crippen molar-refractivity contribution in [3.05, 3.63) is 109 Å². The molecule has 1 unspecified atom stereocenters. The predicted molar refractivity (Wildman–Crippen MR) is 288 cm³/mol. The quantitative estimate of drug-likeness (QED) is 0.0262. The molecule has 0 radical (unpaired) electrons. The summed E-state index contributed by atoms with van der Waals surface area (Å²) >= 11 is 0. The summed E-state index contributed by atoms with van der Waals surface area (Å²) < 4.78 is 16.8. The van der Waals surface area contributed by atoms with Gasteiger partial charge in [0.25, 0.3) is 0 Å². The Morgan fingerprint density at radius 2 is 0.582 bits per heavy atom. The topological polar surface area (TPSA) is 78.9 Å². The van der Waals surface area contributed by atoms with Crippen molar-refractivity contribution in [2.75, 3.05) is 13.2 Å². The first-order valence-electron chi connectivity index (χ1n) is 27.4. The summed E-state index contributed by atoms with van der Waals surface area (Å²) in [5.41, 5.74) is 0. The number of hydrogen-bond donors (Lipinski definition) is 0. The Morgan fingerprint density at radius 1 is 0.313 bits per heavy atom. The van der Waals surface area contributed by atoms with Crippen LogP contribution in [-0.4, -0.2) is 37.2 Å². The summed E-state index contributed by atoms with van der Waals surface area (Å²) in [7, 11) is 0. The Hall–Kier alpha value is -3.93. The molecule has 0 spiro atoms. The van der Waals surface area contributed by atoms with E-state index in [4.69, 9.17) is 14.2 Å². The van der Waals surface area contributed by atoms with Crippen LogP contribution < -0.4 is 0 Å². The van der Waals surface area contributed by atoms with Crippen molar-refractivity contribution in [3.8, 4) is 0 Å². The fraction of sp³-hybridized carbons (Fsp3) is 0.656. The standard InChI is InChI=1S/C61H100O6/c1-4-7-10-13-16-19-22-25-27-28-29-30-31-32-34-36-39-42-45-48-51-54-60(63)66-57-58(56-65-59(62)53-50-47-44-41-38-35-24-21-18-15-12-9-6-3)67-61(64)55-52-49-46-43-40-37-33-26-23-20-17-14-11-8-5-2/h7,10,16-17,19-21,24-27,29-30,32-34,39,42,58H,4-6,8-9,11-15,18,22-23,28,31,35-38,40-41,43-57H2,1-3H3/b10-7-,19-16-,20-17-,24-21-,27-25-,30-29-,33-26-,34-32-,42-39-. The van der Waals surface area contributed by atoms with Gasteiger partial charge in [0, 0.05) is 19.3 Å². The van der Waals surface area contributed by atoms with Crippen molar-refractivity contribution >= 4 is 17.9 Å². The third-order valence-electron chi connectivity index (χ3n) is 11.2. The fourth-order valence-electron chi connectivity index (χ4n) is 7.12. The Balaban J connectivity index is 4.50. The van der Waals surface area contributed by atoms with Crippen molar-refractivity contribution in [1.82, 2.24) is 0 Å². The van der Waals surface area contributed by atoms with Gasteiger partial charge in [-0.3, -0.25) is 14.4 Å². The molecule has 0 aliphatic rings. The Labute approximate surface area is 412 Å². The lowest BCUT2D eigenvalue weighted by atomic mass is 10.1. The molecule has 6 heteroatoms. The Kier molecular flexibility index (Phi) is 51.5. The number of hydrogen-bond acceptors (Lipinski definition) is 6. The van der Waals surface area contributed by atoms with Crippen molar-refractivity contribution in [2.45, 2.75) is 245 Å². The fourth-order valence-corrected chi connectivity index (χ4v) is 7.12. The highest BCUT2D eigenvalue weighted by molar-refractivity contribution is 5.71. The predicted octanol–water partition coefficient (Wildman–Crippen LogP) is 18.3. The molecule has 1 atom stereocenters. The molecule has 6 nitrogen and oxygen atoms in total. The van der Waals surface area contributed by atoms with E-state index < -0.39 is 6.10 Å². The van der Waals surface area contributed by atoms with Crippen LogP contribution in [0.2, 0.25) is 0 Å². The minimum atomic E-state index is -0.808. The van der Waals surface area contributed by atoms with E-state index in [1.54, 1.807) is 0 Å². The first-order chi connectivity index (χ1) is 33.0. The average Bonchev–Trinajstić information content (AvgIpc) is 3.33. The highest BCUT2D eigenvalue weighted by Gasteiger charge is 2.19. The molecule has 0 amide bonds. The van der Waals surface area contributed by atoms with Gasteiger partial charge in [-0.1, -0.05) is 201 Å². The van der Waals surface area contributed by atoms with Crippen LogP contribution in [-0.2, 0) is 28.6 Å². The van der Waals surface area contributed by atoms with Crippen LogP contribution in [0.4, 0.5) is 0 Å². The number of allylic oxidation sites excluding steroid dienone is 18. The molecule has 0 saturated heterocycles. The maximum Gasteiger partial charge on any atom is 0.306 e. The second-order valence-corrected chi connectivity index (χ2v) is 17.7. The van der Waals surface area contributed by atoms with Gasteiger partial charge >= 0.3 is 17.9 Å². The first-order valence-corrected chi connectivity index (χ1v) is 27.4. The van der Waals surface area contributed by atoms with Gasteiger partial charge in [0.1, 0.15) is 13.2 Å². The number of rotatable bonds is 48. The molecular weight excluding hydrogens is 829 g/mol.